The van der Waals surface area contributed by atoms with Crippen molar-refractivity contribution in [3.05, 3.63) is 70.0 Å². The summed E-state index contributed by atoms with van der Waals surface area (Å²) in [5, 5.41) is 0.639. The first kappa shape index (κ1) is 19.7. The van der Waals surface area contributed by atoms with Crippen LogP contribution < -0.4 is 4.74 Å². The van der Waals surface area contributed by atoms with Crippen LogP contribution in [-0.2, 0) is 10.0 Å². The van der Waals surface area contributed by atoms with E-state index in [4.69, 9.17) is 16.3 Å². The van der Waals surface area contributed by atoms with Crippen LogP contribution in [0.3, 0.4) is 0 Å². The first-order valence-electron chi connectivity index (χ1n) is 8.42. The molecule has 0 aliphatic carbocycles. The average Bonchev–Trinajstić information content (AvgIpc) is 2.64. The predicted octanol–water partition coefficient (Wildman–Crippen LogP) is 4.53. The Balaban J connectivity index is 1.52. The molecule has 1 aliphatic rings. The standard InChI is InChI=1S/C19H20BrClNO3S/c20-18-14-16(21)6-7-19(18)25-17-8-11-22(12-9-17)26(23,24)13-10-15-4-2-1-3-5-15/h1-7,10,14,17H,8-9,11-13H2. The summed E-state index contributed by atoms with van der Waals surface area (Å²) < 4.78 is 33.5. The largest absolute Gasteiger partial charge is 0.489 e. The molecular weight excluding hydrogens is 438 g/mol. The smallest absolute Gasteiger partial charge is 0.214 e. The zero-order chi connectivity index (χ0) is 18.6. The van der Waals surface area contributed by atoms with Crippen molar-refractivity contribution in [2.45, 2.75) is 18.9 Å². The molecule has 0 N–H and O–H groups in total. The number of nitrogens with zero attached hydrogens (tertiary/aromatic N) is 1. The Morgan fingerprint density at radius 2 is 1.85 bits per heavy atom. The van der Waals surface area contributed by atoms with Gasteiger partial charge in [0.15, 0.2) is 0 Å². The molecule has 2 aromatic rings. The minimum absolute atomic E-state index is 0.00275. The van der Waals surface area contributed by atoms with Crippen LogP contribution >= 0.6 is 27.5 Å². The fourth-order valence-electron chi connectivity index (χ4n) is 2.87. The molecule has 0 aromatic heterocycles. The Kier molecular flexibility index (Phi) is 6.61. The van der Waals surface area contributed by atoms with Crippen molar-refractivity contribution in [1.29, 1.82) is 0 Å². The molecule has 1 saturated heterocycles. The lowest BCUT2D eigenvalue weighted by molar-refractivity contribution is 0.134. The quantitative estimate of drug-likeness (QED) is 0.640. The molecule has 1 aliphatic heterocycles. The van der Waals surface area contributed by atoms with Gasteiger partial charge in [0, 0.05) is 24.5 Å². The SMILES string of the molecule is O=S(=O)(C[CH]c1ccccc1)N1CCC(Oc2ccc(Cl)cc2Br)CC1. The van der Waals surface area contributed by atoms with E-state index in [0.717, 1.165) is 15.8 Å². The molecule has 0 unspecified atom stereocenters. The van der Waals surface area contributed by atoms with Crippen LogP contribution in [0.1, 0.15) is 18.4 Å². The third-order valence-electron chi connectivity index (χ3n) is 4.31. The van der Waals surface area contributed by atoms with Crippen LogP contribution in [-0.4, -0.2) is 37.7 Å². The van der Waals surface area contributed by atoms with Gasteiger partial charge >= 0.3 is 0 Å². The molecule has 0 amide bonds. The normalized spacial score (nSPS) is 16.5. The lowest BCUT2D eigenvalue weighted by Crippen LogP contribution is -2.42. The molecular formula is C19H20BrClNO3S. The second-order valence-corrected chi connectivity index (χ2v) is 9.49. The summed E-state index contributed by atoms with van der Waals surface area (Å²) in [7, 11) is -3.30. The van der Waals surface area contributed by atoms with E-state index >= 15 is 0 Å². The Morgan fingerprint density at radius 3 is 2.50 bits per heavy atom. The third-order valence-corrected chi connectivity index (χ3v) is 6.91. The minimum Gasteiger partial charge on any atom is -0.489 e. The van der Waals surface area contributed by atoms with E-state index in [9.17, 15) is 8.42 Å². The van der Waals surface area contributed by atoms with Gasteiger partial charge in [-0.05, 0) is 52.5 Å². The fraction of sp³-hybridized carbons (Fsp3) is 0.316. The maximum absolute atomic E-state index is 12.5. The van der Waals surface area contributed by atoms with Gasteiger partial charge in [-0.15, -0.1) is 0 Å². The Bertz CT molecular complexity index is 837. The molecule has 1 heterocycles. The topological polar surface area (TPSA) is 46.6 Å². The number of ether oxygens (including phenoxy) is 1. The van der Waals surface area contributed by atoms with E-state index in [-0.39, 0.29) is 11.9 Å². The molecule has 1 fully saturated rings. The van der Waals surface area contributed by atoms with E-state index < -0.39 is 10.0 Å². The highest BCUT2D eigenvalue weighted by Crippen LogP contribution is 2.30. The van der Waals surface area contributed by atoms with Crippen LogP contribution in [0, 0.1) is 6.42 Å². The summed E-state index contributed by atoms with van der Waals surface area (Å²) in [6, 6.07) is 14.9. The van der Waals surface area contributed by atoms with Gasteiger partial charge in [-0.25, -0.2) is 12.7 Å². The molecule has 0 spiro atoms. The van der Waals surface area contributed by atoms with Crippen LogP contribution in [0.25, 0.3) is 0 Å². The third kappa shape index (κ3) is 5.22. The maximum Gasteiger partial charge on any atom is 0.214 e. The van der Waals surface area contributed by atoms with Gasteiger partial charge in [0.2, 0.25) is 10.0 Å². The number of hydrogen-bond acceptors (Lipinski definition) is 3. The van der Waals surface area contributed by atoms with Gasteiger partial charge < -0.3 is 4.74 Å². The second kappa shape index (κ2) is 8.74. The first-order valence-corrected chi connectivity index (χ1v) is 11.2. The molecule has 139 valence electrons. The molecule has 0 bridgehead atoms. The van der Waals surface area contributed by atoms with Crippen LogP contribution in [0.15, 0.2) is 53.0 Å². The van der Waals surface area contributed by atoms with Gasteiger partial charge in [-0.1, -0.05) is 41.9 Å². The number of hydrogen-bond donors (Lipinski definition) is 0. The lowest BCUT2D eigenvalue weighted by atomic mass is 10.1. The number of rotatable bonds is 6. The van der Waals surface area contributed by atoms with Crippen molar-refractivity contribution in [3.63, 3.8) is 0 Å². The number of halogens is 2. The monoisotopic (exact) mass is 456 g/mol. The summed E-state index contributed by atoms with van der Waals surface area (Å²) in [6.07, 6.45) is 3.08. The van der Waals surface area contributed by atoms with E-state index in [1.807, 2.05) is 36.4 Å². The molecule has 0 saturated carbocycles. The van der Waals surface area contributed by atoms with Crippen LogP contribution in [0.2, 0.25) is 5.02 Å². The Hall–Kier alpha value is -1.08. The number of piperidine rings is 1. The lowest BCUT2D eigenvalue weighted by Gasteiger charge is -2.31. The van der Waals surface area contributed by atoms with Crippen molar-refractivity contribution < 1.29 is 13.2 Å². The summed E-state index contributed by atoms with van der Waals surface area (Å²) in [4.78, 5) is 0. The van der Waals surface area contributed by atoms with Gasteiger partial charge in [-0.3, -0.25) is 0 Å². The highest BCUT2D eigenvalue weighted by atomic mass is 79.9. The van der Waals surface area contributed by atoms with Gasteiger partial charge in [0.1, 0.15) is 11.9 Å². The van der Waals surface area contributed by atoms with Crippen molar-refractivity contribution in [2.75, 3.05) is 18.8 Å². The second-order valence-electron chi connectivity index (χ2n) is 6.18. The summed E-state index contributed by atoms with van der Waals surface area (Å²) in [5.74, 6) is 0.749. The summed E-state index contributed by atoms with van der Waals surface area (Å²) in [5.41, 5.74) is 0.918. The first-order chi connectivity index (χ1) is 12.4. The molecule has 2 aromatic carbocycles. The Labute approximate surface area is 168 Å². The van der Waals surface area contributed by atoms with Crippen LogP contribution in [0.5, 0.6) is 5.75 Å². The fourth-order valence-corrected chi connectivity index (χ4v) is 5.03. The van der Waals surface area contributed by atoms with Crippen molar-refractivity contribution in [3.8, 4) is 5.75 Å². The zero-order valence-corrected chi connectivity index (χ0v) is 17.3. The van der Waals surface area contributed by atoms with E-state index in [1.165, 1.54) is 0 Å². The summed E-state index contributed by atoms with van der Waals surface area (Å²) >= 11 is 9.38. The Morgan fingerprint density at radius 1 is 1.15 bits per heavy atom. The van der Waals surface area contributed by atoms with Gasteiger partial charge in [-0.2, -0.15) is 0 Å². The van der Waals surface area contributed by atoms with E-state index in [2.05, 4.69) is 15.9 Å². The average molecular weight is 458 g/mol. The van der Waals surface area contributed by atoms with E-state index in [0.29, 0.717) is 31.0 Å². The number of sulfonamides is 1. The van der Waals surface area contributed by atoms with E-state index in [1.54, 1.807) is 22.9 Å². The predicted molar refractivity (Wildman–Crippen MR) is 108 cm³/mol. The zero-order valence-electron chi connectivity index (χ0n) is 14.1. The van der Waals surface area contributed by atoms with Gasteiger partial charge in [0.05, 0.1) is 10.2 Å². The van der Waals surface area contributed by atoms with Crippen molar-refractivity contribution >= 4 is 37.6 Å². The maximum atomic E-state index is 12.5. The highest BCUT2D eigenvalue weighted by molar-refractivity contribution is 9.10. The molecule has 4 nitrogen and oxygen atoms in total. The molecule has 3 rings (SSSR count). The highest BCUT2D eigenvalue weighted by Gasteiger charge is 2.29. The van der Waals surface area contributed by atoms with Crippen molar-refractivity contribution in [2.24, 2.45) is 0 Å². The van der Waals surface area contributed by atoms with Gasteiger partial charge in [0.25, 0.3) is 0 Å². The molecule has 26 heavy (non-hydrogen) atoms. The van der Waals surface area contributed by atoms with Crippen LogP contribution in [0.4, 0.5) is 0 Å². The summed E-state index contributed by atoms with van der Waals surface area (Å²) in [6.45, 7) is 0.946. The molecule has 1 radical (unpaired) electrons. The molecule has 7 heteroatoms. The molecule has 0 atom stereocenters. The van der Waals surface area contributed by atoms with Crippen molar-refractivity contribution in [1.82, 2.24) is 4.31 Å². The minimum atomic E-state index is -3.30. The number of benzene rings is 2.